The topological polar surface area (TPSA) is 95.5 Å². The first kappa shape index (κ1) is 11.5. The van der Waals surface area contributed by atoms with Gasteiger partial charge in [-0.25, -0.2) is 0 Å². The van der Waals surface area contributed by atoms with E-state index in [2.05, 4.69) is 10.6 Å². The lowest BCUT2D eigenvalue weighted by atomic mass is 10.1. The van der Waals surface area contributed by atoms with Crippen LogP contribution < -0.4 is 10.6 Å². The number of amides is 2. The molecule has 1 aliphatic rings. The van der Waals surface area contributed by atoms with Gasteiger partial charge in [-0.2, -0.15) is 0 Å². The highest BCUT2D eigenvalue weighted by Gasteiger charge is 2.27. The number of aliphatic carboxylic acids is 1. The lowest BCUT2D eigenvalue weighted by Crippen LogP contribution is -2.51. The van der Waals surface area contributed by atoms with Gasteiger partial charge >= 0.3 is 5.97 Å². The maximum Gasteiger partial charge on any atom is 0.315 e. The monoisotopic (exact) mass is 214 g/mol. The summed E-state index contributed by atoms with van der Waals surface area (Å²) in [4.78, 5) is 33.1. The van der Waals surface area contributed by atoms with E-state index < -0.39 is 23.8 Å². The number of carbonyl (C=O) groups is 3. The zero-order valence-corrected chi connectivity index (χ0v) is 8.45. The van der Waals surface area contributed by atoms with E-state index in [0.717, 1.165) is 6.42 Å². The van der Waals surface area contributed by atoms with Crippen LogP contribution in [0.25, 0.3) is 0 Å². The molecule has 2 unspecified atom stereocenters. The fraction of sp³-hybridized carbons (Fsp3) is 0.667. The summed E-state index contributed by atoms with van der Waals surface area (Å²) in [6.45, 7) is 1.90. The van der Waals surface area contributed by atoms with Gasteiger partial charge in [0.15, 0.2) is 0 Å². The molecule has 1 heterocycles. The van der Waals surface area contributed by atoms with E-state index in [-0.39, 0.29) is 5.91 Å². The summed E-state index contributed by atoms with van der Waals surface area (Å²) in [7, 11) is 0. The Kier molecular flexibility index (Phi) is 3.65. The molecule has 1 aliphatic heterocycles. The van der Waals surface area contributed by atoms with Crippen molar-refractivity contribution in [3.05, 3.63) is 0 Å². The van der Waals surface area contributed by atoms with E-state index in [0.29, 0.717) is 13.0 Å². The normalized spacial score (nSPS) is 22.7. The molecule has 0 aromatic carbocycles. The summed E-state index contributed by atoms with van der Waals surface area (Å²) >= 11 is 0. The van der Waals surface area contributed by atoms with E-state index >= 15 is 0 Å². The van der Waals surface area contributed by atoms with E-state index in [1.165, 1.54) is 6.92 Å². The Morgan fingerprint density at radius 2 is 2.27 bits per heavy atom. The molecule has 0 spiro atoms. The molecular formula is C9H14N2O4. The smallest absolute Gasteiger partial charge is 0.315 e. The van der Waals surface area contributed by atoms with Crippen LogP contribution in [0.4, 0.5) is 0 Å². The standard InChI is InChI=1S/C9H14N2O4/c1-5(9(14)15)7(12)11-6-3-2-4-10-8(6)13/h5-6H,2-4H2,1H3,(H,10,13)(H,11,12)(H,14,15). The van der Waals surface area contributed by atoms with Gasteiger partial charge in [0.05, 0.1) is 0 Å². The first-order valence-electron chi connectivity index (χ1n) is 4.83. The summed E-state index contributed by atoms with van der Waals surface area (Å²) in [6.07, 6.45) is 1.35. The zero-order valence-electron chi connectivity index (χ0n) is 8.45. The Morgan fingerprint density at radius 1 is 1.60 bits per heavy atom. The Balaban J connectivity index is 2.49. The summed E-state index contributed by atoms with van der Waals surface area (Å²) in [5.41, 5.74) is 0. The molecule has 6 nitrogen and oxygen atoms in total. The van der Waals surface area contributed by atoms with Crippen molar-refractivity contribution in [2.75, 3.05) is 6.54 Å². The lowest BCUT2D eigenvalue weighted by Gasteiger charge is -2.23. The average Bonchev–Trinajstić information content (AvgIpc) is 2.20. The van der Waals surface area contributed by atoms with E-state index in [9.17, 15) is 14.4 Å². The molecule has 0 bridgehead atoms. The fourth-order valence-corrected chi connectivity index (χ4v) is 1.32. The van der Waals surface area contributed by atoms with E-state index in [1.54, 1.807) is 0 Å². The number of rotatable bonds is 3. The quantitative estimate of drug-likeness (QED) is 0.531. The Morgan fingerprint density at radius 3 is 2.80 bits per heavy atom. The van der Waals surface area contributed by atoms with Crippen LogP contribution in [-0.2, 0) is 14.4 Å². The van der Waals surface area contributed by atoms with Crippen molar-refractivity contribution < 1.29 is 19.5 Å². The van der Waals surface area contributed by atoms with Gasteiger partial charge in [-0.15, -0.1) is 0 Å². The molecule has 1 saturated heterocycles. The molecule has 84 valence electrons. The van der Waals surface area contributed by atoms with Crippen molar-refractivity contribution in [2.45, 2.75) is 25.8 Å². The van der Waals surface area contributed by atoms with Crippen LogP contribution in [0.15, 0.2) is 0 Å². The number of hydrogen-bond donors (Lipinski definition) is 3. The molecule has 1 fully saturated rings. The predicted octanol–water partition coefficient (Wildman–Crippen LogP) is -0.898. The van der Waals surface area contributed by atoms with Crippen LogP contribution in [0.2, 0.25) is 0 Å². The van der Waals surface area contributed by atoms with Crippen LogP contribution in [0.1, 0.15) is 19.8 Å². The molecule has 0 radical (unpaired) electrons. The number of piperidine rings is 1. The second-order valence-corrected chi connectivity index (χ2v) is 3.55. The number of hydrogen-bond acceptors (Lipinski definition) is 3. The lowest BCUT2D eigenvalue weighted by molar-refractivity contribution is -0.147. The zero-order chi connectivity index (χ0) is 11.4. The molecule has 1 rings (SSSR count). The molecule has 15 heavy (non-hydrogen) atoms. The number of carboxylic acid groups (broad SMARTS) is 1. The largest absolute Gasteiger partial charge is 0.481 e. The van der Waals surface area contributed by atoms with Gasteiger partial charge < -0.3 is 15.7 Å². The number of nitrogens with one attached hydrogen (secondary N) is 2. The molecule has 6 heteroatoms. The van der Waals surface area contributed by atoms with Crippen LogP contribution in [0.5, 0.6) is 0 Å². The Labute approximate surface area is 87.0 Å². The third kappa shape index (κ3) is 2.93. The van der Waals surface area contributed by atoms with Crippen molar-refractivity contribution >= 4 is 17.8 Å². The van der Waals surface area contributed by atoms with Gasteiger partial charge in [-0.1, -0.05) is 0 Å². The Hall–Kier alpha value is -1.59. The number of carboxylic acids is 1. The van der Waals surface area contributed by atoms with E-state index in [4.69, 9.17) is 5.11 Å². The molecule has 2 atom stereocenters. The summed E-state index contributed by atoms with van der Waals surface area (Å²) < 4.78 is 0. The van der Waals surface area contributed by atoms with Crippen LogP contribution in [-0.4, -0.2) is 35.5 Å². The predicted molar refractivity (Wildman–Crippen MR) is 51.0 cm³/mol. The summed E-state index contributed by atoms with van der Waals surface area (Å²) in [6, 6.07) is -0.590. The molecule has 0 aliphatic carbocycles. The molecule has 2 amide bonds. The van der Waals surface area contributed by atoms with E-state index in [1.807, 2.05) is 0 Å². The van der Waals surface area contributed by atoms with Gasteiger partial charge in [0.2, 0.25) is 11.8 Å². The third-order valence-electron chi connectivity index (χ3n) is 2.37. The highest BCUT2D eigenvalue weighted by molar-refractivity contribution is 5.98. The van der Waals surface area contributed by atoms with Crippen LogP contribution in [0.3, 0.4) is 0 Å². The SMILES string of the molecule is CC(C(=O)O)C(=O)NC1CCCNC1=O. The van der Waals surface area contributed by atoms with Crippen molar-refractivity contribution in [1.29, 1.82) is 0 Å². The second-order valence-electron chi connectivity index (χ2n) is 3.55. The van der Waals surface area contributed by atoms with Crippen molar-refractivity contribution in [2.24, 2.45) is 5.92 Å². The first-order valence-corrected chi connectivity index (χ1v) is 4.83. The minimum absolute atomic E-state index is 0.243. The highest BCUT2D eigenvalue weighted by atomic mass is 16.4. The maximum atomic E-state index is 11.3. The first-order chi connectivity index (χ1) is 7.02. The molecule has 0 saturated carbocycles. The minimum atomic E-state index is -1.19. The molecular weight excluding hydrogens is 200 g/mol. The molecule has 0 aromatic heterocycles. The summed E-state index contributed by atoms with van der Waals surface area (Å²) in [5, 5.41) is 13.6. The van der Waals surface area contributed by atoms with Crippen molar-refractivity contribution in [3.8, 4) is 0 Å². The van der Waals surface area contributed by atoms with Gasteiger partial charge in [0.25, 0.3) is 0 Å². The van der Waals surface area contributed by atoms with Gasteiger partial charge in [-0.3, -0.25) is 14.4 Å². The van der Waals surface area contributed by atoms with Crippen molar-refractivity contribution in [3.63, 3.8) is 0 Å². The van der Waals surface area contributed by atoms with Crippen LogP contribution in [0, 0.1) is 5.92 Å². The fourth-order valence-electron chi connectivity index (χ4n) is 1.32. The Bertz CT molecular complexity index is 290. The third-order valence-corrected chi connectivity index (χ3v) is 2.37. The molecule has 0 aromatic rings. The van der Waals surface area contributed by atoms with Crippen LogP contribution >= 0.6 is 0 Å². The molecule has 3 N–H and O–H groups in total. The van der Waals surface area contributed by atoms with Gasteiger partial charge in [-0.05, 0) is 19.8 Å². The van der Waals surface area contributed by atoms with Crippen molar-refractivity contribution in [1.82, 2.24) is 10.6 Å². The highest BCUT2D eigenvalue weighted by Crippen LogP contribution is 2.04. The van der Waals surface area contributed by atoms with Gasteiger partial charge in [0, 0.05) is 6.54 Å². The maximum absolute atomic E-state index is 11.3. The average molecular weight is 214 g/mol. The second kappa shape index (κ2) is 4.77. The van der Waals surface area contributed by atoms with Gasteiger partial charge in [0.1, 0.15) is 12.0 Å². The minimum Gasteiger partial charge on any atom is -0.481 e. The number of carbonyl (C=O) groups excluding carboxylic acids is 2. The summed E-state index contributed by atoms with van der Waals surface area (Å²) in [5.74, 6) is -3.18.